The summed E-state index contributed by atoms with van der Waals surface area (Å²) in [6.07, 6.45) is 2.56. The van der Waals surface area contributed by atoms with Gasteiger partial charge < -0.3 is 14.6 Å². The van der Waals surface area contributed by atoms with E-state index >= 15 is 0 Å². The van der Waals surface area contributed by atoms with E-state index < -0.39 is 11.9 Å². The molecule has 0 aromatic carbocycles. The van der Waals surface area contributed by atoms with Gasteiger partial charge in [0.25, 0.3) is 0 Å². The van der Waals surface area contributed by atoms with Crippen LogP contribution in [0, 0.1) is 0 Å². The van der Waals surface area contributed by atoms with Crippen LogP contribution < -0.4 is 0 Å². The predicted octanol–water partition coefficient (Wildman–Crippen LogP) is 0.0173. The fraction of sp³-hybridized carbons (Fsp3) is 0.300. The van der Waals surface area contributed by atoms with Gasteiger partial charge in [-0.15, -0.1) is 0 Å². The summed E-state index contributed by atoms with van der Waals surface area (Å²) in [5, 5.41) is 8.48. The number of aliphatic hydroxyl groups excluding tert-OH is 1. The predicted molar refractivity (Wildman–Crippen MR) is 52.9 cm³/mol. The van der Waals surface area contributed by atoms with Crippen molar-refractivity contribution in [1.82, 2.24) is 4.98 Å². The molecule has 0 unspecified atom stereocenters. The number of ether oxygens (including phenoxy) is 2. The molecule has 0 bridgehead atoms. The summed E-state index contributed by atoms with van der Waals surface area (Å²) in [6, 6.07) is 1.32. The van der Waals surface area contributed by atoms with Crippen molar-refractivity contribution in [1.29, 1.82) is 0 Å². The lowest BCUT2D eigenvalue weighted by Gasteiger charge is -2.03. The lowest BCUT2D eigenvalue weighted by molar-refractivity contribution is 0.0433. The molecule has 1 N–H and O–H groups in total. The first kappa shape index (κ1) is 12.1. The monoisotopic (exact) mass is 225 g/mol. The molecule has 6 nitrogen and oxygen atoms in total. The number of methoxy groups -OCH3 is 1. The van der Waals surface area contributed by atoms with Gasteiger partial charge in [-0.3, -0.25) is 4.98 Å². The van der Waals surface area contributed by atoms with Crippen LogP contribution in [0.15, 0.2) is 18.5 Å². The summed E-state index contributed by atoms with van der Waals surface area (Å²) in [5.41, 5.74) is 0.303. The van der Waals surface area contributed by atoms with Crippen LogP contribution in [0.4, 0.5) is 0 Å². The molecule has 1 rings (SSSR count). The van der Waals surface area contributed by atoms with Gasteiger partial charge in [-0.2, -0.15) is 0 Å². The minimum atomic E-state index is -0.646. The fourth-order valence-corrected chi connectivity index (χ4v) is 1.00. The van der Waals surface area contributed by atoms with E-state index in [9.17, 15) is 9.59 Å². The Bertz CT molecular complexity index is 391. The van der Waals surface area contributed by atoms with Crippen LogP contribution in [0.1, 0.15) is 20.7 Å². The number of hydrogen-bond acceptors (Lipinski definition) is 6. The highest BCUT2D eigenvalue weighted by Gasteiger charge is 2.12. The number of rotatable bonds is 4. The molecule has 0 atom stereocenters. The Morgan fingerprint density at radius 1 is 1.31 bits per heavy atom. The number of esters is 2. The molecule has 0 aliphatic heterocycles. The maximum absolute atomic E-state index is 11.3. The molecule has 0 saturated carbocycles. The number of aliphatic hydroxyl groups is 1. The molecule has 0 amide bonds. The van der Waals surface area contributed by atoms with Gasteiger partial charge in [0.15, 0.2) is 0 Å². The molecule has 0 spiro atoms. The Morgan fingerprint density at radius 2 is 1.94 bits per heavy atom. The quantitative estimate of drug-likeness (QED) is 0.727. The highest BCUT2D eigenvalue weighted by Crippen LogP contribution is 2.05. The van der Waals surface area contributed by atoms with Crippen molar-refractivity contribution in [2.45, 2.75) is 0 Å². The van der Waals surface area contributed by atoms with Gasteiger partial charge in [0.05, 0.1) is 24.8 Å². The first-order valence-electron chi connectivity index (χ1n) is 4.50. The molecule has 6 heteroatoms. The number of pyridine rings is 1. The van der Waals surface area contributed by atoms with Crippen molar-refractivity contribution in [3.05, 3.63) is 29.6 Å². The van der Waals surface area contributed by atoms with Gasteiger partial charge in [0.2, 0.25) is 0 Å². The zero-order chi connectivity index (χ0) is 12.0. The first-order valence-corrected chi connectivity index (χ1v) is 4.50. The van der Waals surface area contributed by atoms with E-state index in [-0.39, 0.29) is 24.3 Å². The molecule has 86 valence electrons. The second-order valence-electron chi connectivity index (χ2n) is 2.81. The summed E-state index contributed by atoms with van der Waals surface area (Å²) in [5.74, 6) is -1.23. The number of carbonyl (C=O) groups excluding carboxylic acids is 2. The molecule has 0 aliphatic rings. The SMILES string of the molecule is COC(=O)c1cncc(C(=O)OCCO)c1. The van der Waals surface area contributed by atoms with Crippen LogP contribution in [0.2, 0.25) is 0 Å². The number of carbonyl (C=O) groups is 2. The average Bonchev–Trinajstić information content (AvgIpc) is 2.35. The highest BCUT2D eigenvalue weighted by molar-refractivity contribution is 5.94. The van der Waals surface area contributed by atoms with E-state index in [1.165, 1.54) is 25.6 Å². The van der Waals surface area contributed by atoms with Crippen LogP contribution in [0.25, 0.3) is 0 Å². The van der Waals surface area contributed by atoms with Gasteiger partial charge in [0, 0.05) is 12.4 Å². The lowest BCUT2D eigenvalue weighted by Crippen LogP contribution is -2.11. The van der Waals surface area contributed by atoms with Crippen LogP contribution in [0.5, 0.6) is 0 Å². The summed E-state index contributed by atoms with van der Waals surface area (Å²) in [7, 11) is 1.24. The number of aromatic nitrogens is 1. The maximum atomic E-state index is 11.3. The molecule has 1 aromatic heterocycles. The molecular formula is C10H11NO5. The summed E-state index contributed by atoms with van der Waals surface area (Å²) >= 11 is 0. The van der Waals surface area contributed by atoms with Crippen molar-refractivity contribution in [3.8, 4) is 0 Å². The second-order valence-corrected chi connectivity index (χ2v) is 2.81. The highest BCUT2D eigenvalue weighted by atomic mass is 16.5. The molecular weight excluding hydrogens is 214 g/mol. The van der Waals surface area contributed by atoms with Gasteiger partial charge in [-0.25, -0.2) is 9.59 Å². The summed E-state index contributed by atoms with van der Waals surface area (Å²) in [4.78, 5) is 26.2. The molecule has 1 heterocycles. The third-order valence-corrected chi connectivity index (χ3v) is 1.72. The van der Waals surface area contributed by atoms with Crippen molar-refractivity contribution in [3.63, 3.8) is 0 Å². The third kappa shape index (κ3) is 3.03. The topological polar surface area (TPSA) is 85.7 Å². The summed E-state index contributed by atoms with van der Waals surface area (Å²) in [6.45, 7) is -0.350. The number of hydrogen-bond donors (Lipinski definition) is 1. The van der Waals surface area contributed by atoms with Crippen molar-refractivity contribution in [2.24, 2.45) is 0 Å². The molecule has 1 aromatic rings. The minimum absolute atomic E-state index is 0.0959. The molecule has 0 saturated heterocycles. The summed E-state index contributed by atoms with van der Waals surface area (Å²) < 4.78 is 9.15. The Labute approximate surface area is 91.8 Å². The smallest absolute Gasteiger partial charge is 0.339 e. The average molecular weight is 225 g/mol. The zero-order valence-electron chi connectivity index (χ0n) is 8.67. The maximum Gasteiger partial charge on any atom is 0.339 e. The molecule has 0 fully saturated rings. The molecule has 0 radical (unpaired) electrons. The minimum Gasteiger partial charge on any atom is -0.465 e. The Hall–Kier alpha value is -1.95. The fourth-order valence-electron chi connectivity index (χ4n) is 1.00. The normalized spacial score (nSPS) is 9.62. The molecule has 16 heavy (non-hydrogen) atoms. The van der Waals surface area contributed by atoms with Crippen LogP contribution >= 0.6 is 0 Å². The van der Waals surface area contributed by atoms with Crippen LogP contribution in [-0.4, -0.2) is 42.4 Å². The van der Waals surface area contributed by atoms with E-state index in [1.54, 1.807) is 0 Å². The zero-order valence-corrected chi connectivity index (χ0v) is 8.67. The standard InChI is InChI=1S/C10H11NO5/c1-15-9(13)7-4-8(6-11-5-7)10(14)16-3-2-12/h4-6,12H,2-3H2,1H3. The first-order chi connectivity index (χ1) is 7.69. The third-order valence-electron chi connectivity index (χ3n) is 1.72. The Kier molecular flexibility index (Phi) is 4.41. The number of nitrogens with zero attached hydrogens (tertiary/aromatic N) is 1. The van der Waals surface area contributed by atoms with Gasteiger partial charge in [0.1, 0.15) is 6.61 Å². The van der Waals surface area contributed by atoms with Gasteiger partial charge >= 0.3 is 11.9 Å². The van der Waals surface area contributed by atoms with Crippen LogP contribution in [-0.2, 0) is 9.47 Å². The molecule has 0 aliphatic carbocycles. The van der Waals surface area contributed by atoms with E-state index in [0.29, 0.717) is 0 Å². The van der Waals surface area contributed by atoms with E-state index in [4.69, 9.17) is 5.11 Å². The van der Waals surface area contributed by atoms with Crippen molar-refractivity contribution >= 4 is 11.9 Å². The van der Waals surface area contributed by atoms with E-state index in [2.05, 4.69) is 14.5 Å². The van der Waals surface area contributed by atoms with Gasteiger partial charge in [-0.1, -0.05) is 0 Å². The van der Waals surface area contributed by atoms with E-state index in [1.807, 2.05) is 0 Å². The largest absolute Gasteiger partial charge is 0.465 e. The Balaban J connectivity index is 2.81. The lowest BCUT2D eigenvalue weighted by atomic mass is 10.2. The Morgan fingerprint density at radius 3 is 2.50 bits per heavy atom. The second kappa shape index (κ2) is 5.82. The van der Waals surface area contributed by atoms with Crippen molar-refractivity contribution < 1.29 is 24.2 Å². The van der Waals surface area contributed by atoms with Crippen molar-refractivity contribution in [2.75, 3.05) is 20.3 Å². The van der Waals surface area contributed by atoms with Gasteiger partial charge in [-0.05, 0) is 6.07 Å². The van der Waals surface area contributed by atoms with Crippen LogP contribution in [0.3, 0.4) is 0 Å². The van der Waals surface area contributed by atoms with E-state index in [0.717, 1.165) is 0 Å².